The second-order valence-electron chi connectivity index (χ2n) is 9.73. The Balaban J connectivity index is 1.37. The fraction of sp³-hybridized carbons (Fsp3) is 0.250. The maximum Gasteiger partial charge on any atom is 0.192 e. The molecule has 1 heterocycles. The van der Waals surface area contributed by atoms with Crippen LogP contribution in [0.25, 0.3) is 21.8 Å². The number of ketones is 1. The van der Waals surface area contributed by atoms with Crippen molar-refractivity contribution in [2.75, 3.05) is 5.75 Å². The molecular formula is C32H32N2OS. The molecule has 4 heteroatoms. The monoisotopic (exact) mass is 492 g/mol. The van der Waals surface area contributed by atoms with Gasteiger partial charge < -0.3 is 9.98 Å². The first-order valence-corrected chi connectivity index (χ1v) is 13.6. The van der Waals surface area contributed by atoms with Gasteiger partial charge >= 0.3 is 0 Å². The zero-order valence-electron chi connectivity index (χ0n) is 21.2. The van der Waals surface area contributed by atoms with Crippen LogP contribution in [0.5, 0.6) is 0 Å². The number of benzene rings is 3. The van der Waals surface area contributed by atoms with Crippen molar-refractivity contribution in [2.45, 2.75) is 44.4 Å². The zero-order valence-corrected chi connectivity index (χ0v) is 22.0. The first-order valence-electron chi connectivity index (χ1n) is 12.6. The van der Waals surface area contributed by atoms with E-state index in [2.05, 4.69) is 80.1 Å². The number of aromatic nitrogens is 1. The number of allylic oxidation sites excluding steroid dienone is 4. The van der Waals surface area contributed by atoms with Crippen LogP contribution < -0.4 is 0 Å². The van der Waals surface area contributed by atoms with Crippen LogP contribution >= 0.6 is 11.8 Å². The van der Waals surface area contributed by atoms with E-state index in [0.29, 0.717) is 5.71 Å². The molecule has 0 saturated carbocycles. The van der Waals surface area contributed by atoms with Gasteiger partial charge in [0.05, 0.1) is 0 Å². The van der Waals surface area contributed by atoms with E-state index in [1.54, 1.807) is 0 Å². The summed E-state index contributed by atoms with van der Waals surface area (Å²) in [5.74, 6) is 1.09. The quantitative estimate of drug-likeness (QED) is 0.116. The number of hydrogen-bond donors (Lipinski definition) is 1. The van der Waals surface area contributed by atoms with Crippen LogP contribution in [0.3, 0.4) is 0 Å². The van der Waals surface area contributed by atoms with Crippen molar-refractivity contribution in [1.29, 1.82) is 5.41 Å². The number of fused-ring (bicyclic) bond motifs is 3. The SMILES string of the molecule is CC1=C(C(=O)c2ccc3c(c2)c2cc(C(=N)CCCSc4ccc(C)cc4)ccc2n3C)C=CCC1. The van der Waals surface area contributed by atoms with Gasteiger partial charge in [-0.2, -0.15) is 0 Å². The molecule has 36 heavy (non-hydrogen) atoms. The van der Waals surface area contributed by atoms with Gasteiger partial charge in [-0.15, -0.1) is 11.8 Å². The Hall–Kier alpha value is -3.37. The van der Waals surface area contributed by atoms with Gasteiger partial charge in [0.2, 0.25) is 0 Å². The second-order valence-corrected chi connectivity index (χ2v) is 10.9. The van der Waals surface area contributed by atoms with Crippen LogP contribution in [-0.4, -0.2) is 21.8 Å². The lowest BCUT2D eigenvalue weighted by Crippen LogP contribution is -2.06. The molecule has 0 atom stereocenters. The lowest BCUT2D eigenvalue weighted by Gasteiger charge is -2.11. The number of hydrogen-bond acceptors (Lipinski definition) is 3. The summed E-state index contributed by atoms with van der Waals surface area (Å²) in [6.45, 7) is 4.16. The Morgan fingerprint density at radius 3 is 2.31 bits per heavy atom. The Morgan fingerprint density at radius 1 is 0.944 bits per heavy atom. The van der Waals surface area contributed by atoms with Crippen LogP contribution in [0.15, 0.2) is 88.9 Å². The highest BCUT2D eigenvalue weighted by molar-refractivity contribution is 7.99. The molecule has 3 nitrogen and oxygen atoms in total. The summed E-state index contributed by atoms with van der Waals surface area (Å²) >= 11 is 1.85. The lowest BCUT2D eigenvalue weighted by atomic mass is 9.92. The van der Waals surface area contributed by atoms with Crippen molar-refractivity contribution in [3.63, 3.8) is 0 Å². The van der Waals surface area contributed by atoms with E-state index in [0.717, 1.165) is 75.5 Å². The minimum atomic E-state index is 0.0947. The number of nitrogens with one attached hydrogen (secondary N) is 1. The van der Waals surface area contributed by atoms with Crippen molar-refractivity contribution in [2.24, 2.45) is 7.05 Å². The Labute approximate surface area is 217 Å². The molecule has 1 aromatic heterocycles. The smallest absolute Gasteiger partial charge is 0.192 e. The summed E-state index contributed by atoms with van der Waals surface area (Å²) in [6, 6.07) is 21.0. The summed E-state index contributed by atoms with van der Waals surface area (Å²) in [4.78, 5) is 14.6. The fourth-order valence-electron chi connectivity index (χ4n) is 4.97. The van der Waals surface area contributed by atoms with Gasteiger partial charge in [-0.1, -0.05) is 41.5 Å². The number of carbonyl (C=O) groups excluding carboxylic acids is 1. The maximum atomic E-state index is 13.3. The molecule has 1 N–H and O–H groups in total. The van der Waals surface area contributed by atoms with E-state index in [9.17, 15) is 4.79 Å². The molecule has 1 aliphatic rings. The standard InChI is InChI=1S/C32H32N2OS/c1-21-10-14-25(15-11-21)36-18-6-9-29(33)23-12-16-30-27(19-23)28-20-24(13-17-31(28)34(30)3)32(35)26-8-5-4-7-22(26)2/h5,8,10-17,19-20,33H,4,6-7,9,18H2,1-3H3. The molecule has 0 spiro atoms. The summed E-state index contributed by atoms with van der Waals surface area (Å²) in [6.07, 6.45) is 7.73. The number of thioether (sulfide) groups is 1. The molecular weight excluding hydrogens is 460 g/mol. The minimum Gasteiger partial charge on any atom is -0.344 e. The zero-order chi connectivity index (χ0) is 25.2. The average molecular weight is 493 g/mol. The third-order valence-corrected chi connectivity index (χ3v) is 8.25. The van der Waals surface area contributed by atoms with Gasteiger partial charge in [0, 0.05) is 50.6 Å². The van der Waals surface area contributed by atoms with Gasteiger partial charge in [0.1, 0.15) is 0 Å². The average Bonchev–Trinajstić information content (AvgIpc) is 3.18. The first kappa shape index (κ1) is 24.3. The molecule has 0 aliphatic heterocycles. The molecule has 0 unspecified atom stereocenters. The van der Waals surface area contributed by atoms with Gasteiger partial charge in [-0.3, -0.25) is 4.79 Å². The third kappa shape index (κ3) is 4.83. The Kier molecular flexibility index (Phi) is 6.97. The van der Waals surface area contributed by atoms with Crippen LogP contribution in [0.1, 0.15) is 54.1 Å². The van der Waals surface area contributed by atoms with Gasteiger partial charge in [-0.25, -0.2) is 0 Å². The highest BCUT2D eigenvalue weighted by Crippen LogP contribution is 2.32. The molecule has 0 radical (unpaired) electrons. The maximum absolute atomic E-state index is 13.3. The van der Waals surface area contributed by atoms with Gasteiger partial charge in [0.25, 0.3) is 0 Å². The van der Waals surface area contributed by atoms with Crippen LogP contribution in [0, 0.1) is 12.3 Å². The highest BCUT2D eigenvalue weighted by atomic mass is 32.2. The van der Waals surface area contributed by atoms with Gasteiger partial charge in [-0.05, 0) is 93.3 Å². The Bertz CT molecular complexity index is 1540. The van der Waals surface area contributed by atoms with Crippen molar-refractivity contribution in [1.82, 2.24) is 4.57 Å². The molecule has 182 valence electrons. The highest BCUT2D eigenvalue weighted by Gasteiger charge is 2.17. The molecule has 5 rings (SSSR count). The van der Waals surface area contributed by atoms with Crippen molar-refractivity contribution in [3.8, 4) is 0 Å². The van der Waals surface area contributed by atoms with Crippen LogP contribution in [0.4, 0.5) is 0 Å². The summed E-state index contributed by atoms with van der Waals surface area (Å²) in [7, 11) is 2.07. The number of rotatable bonds is 8. The van der Waals surface area contributed by atoms with E-state index in [1.165, 1.54) is 10.5 Å². The molecule has 0 bridgehead atoms. The molecule has 4 aromatic rings. The molecule has 1 aliphatic carbocycles. The topological polar surface area (TPSA) is 45.9 Å². The van der Waals surface area contributed by atoms with E-state index in [1.807, 2.05) is 30.0 Å². The molecule has 3 aromatic carbocycles. The fourth-order valence-corrected chi connectivity index (χ4v) is 5.82. The van der Waals surface area contributed by atoms with Gasteiger partial charge in [0.15, 0.2) is 5.78 Å². The van der Waals surface area contributed by atoms with Crippen LogP contribution in [0.2, 0.25) is 0 Å². The lowest BCUT2D eigenvalue weighted by molar-refractivity contribution is 0.103. The van der Waals surface area contributed by atoms with Crippen molar-refractivity contribution >= 4 is 45.1 Å². The van der Waals surface area contributed by atoms with E-state index in [4.69, 9.17) is 5.41 Å². The van der Waals surface area contributed by atoms with E-state index >= 15 is 0 Å². The first-order chi connectivity index (χ1) is 17.4. The predicted molar refractivity (Wildman–Crippen MR) is 154 cm³/mol. The molecule has 0 amide bonds. The second kappa shape index (κ2) is 10.3. The number of Topliss-reactive ketones (excluding diaryl/α,β-unsaturated/α-hetero) is 1. The largest absolute Gasteiger partial charge is 0.344 e. The van der Waals surface area contributed by atoms with Crippen molar-refractivity contribution in [3.05, 3.63) is 101 Å². The number of nitrogens with zero attached hydrogens (tertiary/aromatic N) is 1. The summed E-state index contributed by atoms with van der Waals surface area (Å²) in [5.41, 5.74) is 7.84. The van der Waals surface area contributed by atoms with E-state index in [-0.39, 0.29) is 5.78 Å². The normalized spacial score (nSPS) is 13.6. The van der Waals surface area contributed by atoms with Crippen LogP contribution in [-0.2, 0) is 7.05 Å². The number of aryl methyl sites for hydroxylation is 2. The molecule has 0 saturated heterocycles. The predicted octanol–water partition coefficient (Wildman–Crippen LogP) is 8.43. The minimum absolute atomic E-state index is 0.0947. The Morgan fingerprint density at radius 2 is 1.61 bits per heavy atom. The van der Waals surface area contributed by atoms with Crippen molar-refractivity contribution < 1.29 is 4.79 Å². The summed E-state index contributed by atoms with van der Waals surface area (Å²) < 4.78 is 2.18. The third-order valence-electron chi connectivity index (χ3n) is 7.15. The summed E-state index contributed by atoms with van der Waals surface area (Å²) in [5, 5.41) is 10.9. The molecule has 0 fully saturated rings. The van der Waals surface area contributed by atoms with E-state index < -0.39 is 0 Å². The number of carbonyl (C=O) groups is 1.